The molecule has 144 valence electrons. The molecule has 0 bridgehead atoms. The largest absolute Gasteiger partial charge is 0.459 e. The molecular weight excluding hydrogens is 411 g/mol. The van der Waals surface area contributed by atoms with Gasteiger partial charge in [0, 0.05) is 18.2 Å². The number of benzene rings is 1. The Morgan fingerprint density at radius 1 is 1.19 bits per heavy atom. The Bertz CT molecular complexity index is 967. The van der Waals surface area contributed by atoms with E-state index in [1.165, 1.54) is 6.07 Å². The van der Waals surface area contributed by atoms with Gasteiger partial charge in [-0.1, -0.05) is 11.6 Å². The minimum Gasteiger partial charge on any atom is -0.435 e. The second-order valence-electron chi connectivity index (χ2n) is 4.85. The van der Waals surface area contributed by atoms with E-state index >= 15 is 0 Å². The number of halogens is 8. The SMILES string of the molecule is N#Cc1cc(OC(F)F)cc(Cl)c1-n1cnc(C(F)(F)C(F)(F)F)cc1=O. The van der Waals surface area contributed by atoms with Gasteiger partial charge in [-0.2, -0.15) is 36.0 Å². The summed E-state index contributed by atoms with van der Waals surface area (Å²) in [6.45, 7) is -3.24. The van der Waals surface area contributed by atoms with Crippen LogP contribution in [0.15, 0.2) is 29.3 Å². The first-order chi connectivity index (χ1) is 12.4. The minimum absolute atomic E-state index is 0.0749. The highest BCUT2D eigenvalue weighted by Crippen LogP contribution is 2.42. The van der Waals surface area contributed by atoms with Crippen LogP contribution in [0.2, 0.25) is 5.02 Å². The summed E-state index contributed by atoms with van der Waals surface area (Å²) >= 11 is 5.81. The van der Waals surface area contributed by atoms with Crippen molar-refractivity contribution in [2.45, 2.75) is 18.7 Å². The molecular formula is C14H5ClF7N3O2. The Balaban J connectivity index is 2.61. The molecule has 0 N–H and O–H groups in total. The molecule has 0 radical (unpaired) electrons. The zero-order valence-electron chi connectivity index (χ0n) is 12.6. The van der Waals surface area contributed by atoms with Gasteiger partial charge in [0.25, 0.3) is 5.56 Å². The third-order valence-corrected chi connectivity index (χ3v) is 3.40. The molecule has 0 saturated heterocycles. The van der Waals surface area contributed by atoms with Gasteiger partial charge in [0.1, 0.15) is 23.8 Å². The number of nitrogens with zero attached hydrogens (tertiary/aromatic N) is 3. The molecule has 2 rings (SSSR count). The molecule has 0 aliphatic heterocycles. The Morgan fingerprint density at radius 2 is 1.81 bits per heavy atom. The molecule has 0 unspecified atom stereocenters. The van der Waals surface area contributed by atoms with Crippen molar-refractivity contribution in [3.05, 3.63) is 51.2 Å². The van der Waals surface area contributed by atoms with E-state index < -0.39 is 52.0 Å². The van der Waals surface area contributed by atoms with E-state index in [2.05, 4.69) is 9.72 Å². The lowest BCUT2D eigenvalue weighted by Gasteiger charge is -2.19. The van der Waals surface area contributed by atoms with Gasteiger partial charge in [0.05, 0.1) is 16.3 Å². The van der Waals surface area contributed by atoms with Gasteiger partial charge in [0.2, 0.25) is 0 Å². The molecule has 0 aliphatic rings. The summed E-state index contributed by atoms with van der Waals surface area (Å²) in [6, 6.07) is 3.02. The van der Waals surface area contributed by atoms with Crippen LogP contribution in [-0.4, -0.2) is 22.3 Å². The molecule has 1 aromatic heterocycles. The van der Waals surface area contributed by atoms with Crippen LogP contribution in [0.25, 0.3) is 5.69 Å². The summed E-state index contributed by atoms with van der Waals surface area (Å²) < 4.78 is 92.6. The fraction of sp³-hybridized carbons (Fsp3) is 0.214. The molecule has 0 fully saturated rings. The lowest BCUT2D eigenvalue weighted by molar-refractivity contribution is -0.291. The van der Waals surface area contributed by atoms with Gasteiger partial charge in [-0.3, -0.25) is 9.36 Å². The van der Waals surface area contributed by atoms with Gasteiger partial charge < -0.3 is 4.74 Å². The lowest BCUT2D eigenvalue weighted by Crippen LogP contribution is -2.36. The highest BCUT2D eigenvalue weighted by atomic mass is 35.5. The van der Waals surface area contributed by atoms with Gasteiger partial charge in [-0.25, -0.2) is 4.98 Å². The predicted molar refractivity (Wildman–Crippen MR) is 76.1 cm³/mol. The van der Waals surface area contributed by atoms with Gasteiger partial charge in [0.15, 0.2) is 0 Å². The Labute approximate surface area is 150 Å². The molecule has 0 atom stereocenters. The van der Waals surface area contributed by atoms with E-state index in [9.17, 15) is 35.5 Å². The van der Waals surface area contributed by atoms with Crippen LogP contribution in [0.1, 0.15) is 11.3 Å². The molecule has 0 aliphatic carbocycles. The van der Waals surface area contributed by atoms with Crippen molar-refractivity contribution in [3.8, 4) is 17.5 Å². The van der Waals surface area contributed by atoms with E-state index in [4.69, 9.17) is 16.9 Å². The molecule has 0 saturated carbocycles. The summed E-state index contributed by atoms with van der Waals surface area (Å²) in [5, 5.41) is 8.61. The fourth-order valence-electron chi connectivity index (χ4n) is 1.96. The average Bonchev–Trinajstić information content (AvgIpc) is 2.53. The standard InChI is InChI=1S/C14H5ClF7N3O2/c15-8-2-7(27-12(16)17)1-6(4-23)11(8)25-5-24-9(3-10(25)26)13(18,19)14(20,21)22/h1-3,5,12H. The molecule has 5 nitrogen and oxygen atoms in total. The predicted octanol–water partition coefficient (Wildman–Crippen LogP) is 4.01. The number of rotatable bonds is 4. The molecule has 0 amide bonds. The van der Waals surface area contributed by atoms with E-state index in [-0.39, 0.29) is 6.07 Å². The van der Waals surface area contributed by atoms with E-state index in [0.29, 0.717) is 10.9 Å². The Hall–Kier alpha value is -2.81. The topological polar surface area (TPSA) is 67.9 Å². The van der Waals surface area contributed by atoms with E-state index in [1.807, 2.05) is 0 Å². The molecule has 1 heterocycles. The molecule has 0 spiro atoms. The maximum absolute atomic E-state index is 13.3. The van der Waals surface area contributed by atoms with E-state index in [0.717, 1.165) is 12.1 Å². The van der Waals surface area contributed by atoms with Crippen molar-refractivity contribution < 1.29 is 35.5 Å². The van der Waals surface area contributed by atoms with Gasteiger partial charge in [-0.05, 0) is 0 Å². The first-order valence-corrected chi connectivity index (χ1v) is 6.99. The van der Waals surface area contributed by atoms with Gasteiger partial charge >= 0.3 is 18.7 Å². The summed E-state index contributed by atoms with van der Waals surface area (Å²) in [5.74, 6) is -5.92. The van der Waals surface area contributed by atoms with Crippen LogP contribution >= 0.6 is 11.6 Å². The second-order valence-corrected chi connectivity index (χ2v) is 5.25. The first kappa shape index (κ1) is 20.5. The van der Waals surface area contributed by atoms with Crippen molar-refractivity contribution in [2.75, 3.05) is 0 Å². The molecule has 27 heavy (non-hydrogen) atoms. The van der Waals surface area contributed by atoms with Crippen LogP contribution in [-0.2, 0) is 5.92 Å². The lowest BCUT2D eigenvalue weighted by atomic mass is 10.1. The summed E-state index contributed by atoms with van der Waals surface area (Å²) in [5.41, 5.74) is -4.22. The number of hydrogen-bond donors (Lipinski definition) is 0. The molecule has 1 aromatic carbocycles. The third kappa shape index (κ3) is 3.97. The minimum atomic E-state index is -5.98. The number of hydrogen-bond acceptors (Lipinski definition) is 4. The normalized spacial score (nSPS) is 12.1. The summed E-state index contributed by atoms with van der Waals surface area (Å²) in [4.78, 5) is 14.9. The van der Waals surface area contributed by atoms with Crippen LogP contribution in [0, 0.1) is 11.3 Å². The molecule has 13 heteroatoms. The van der Waals surface area contributed by atoms with Crippen molar-refractivity contribution >= 4 is 11.6 Å². The molecule has 2 aromatic rings. The maximum Gasteiger partial charge on any atom is 0.459 e. The van der Waals surface area contributed by atoms with Crippen LogP contribution in [0.5, 0.6) is 5.75 Å². The van der Waals surface area contributed by atoms with Crippen molar-refractivity contribution in [1.82, 2.24) is 9.55 Å². The van der Waals surface area contributed by atoms with Crippen LogP contribution in [0.3, 0.4) is 0 Å². The summed E-state index contributed by atoms with van der Waals surface area (Å²) in [7, 11) is 0. The monoisotopic (exact) mass is 415 g/mol. The summed E-state index contributed by atoms with van der Waals surface area (Å²) in [6.07, 6.45) is -5.67. The van der Waals surface area contributed by atoms with Gasteiger partial charge in [-0.15, -0.1) is 0 Å². The Morgan fingerprint density at radius 3 is 2.30 bits per heavy atom. The fourth-order valence-corrected chi connectivity index (χ4v) is 2.26. The highest BCUT2D eigenvalue weighted by Gasteiger charge is 2.60. The third-order valence-electron chi connectivity index (χ3n) is 3.11. The highest BCUT2D eigenvalue weighted by molar-refractivity contribution is 6.32. The second kappa shape index (κ2) is 7.07. The maximum atomic E-state index is 13.3. The van der Waals surface area contributed by atoms with Crippen molar-refractivity contribution in [1.29, 1.82) is 5.26 Å². The van der Waals surface area contributed by atoms with Crippen LogP contribution < -0.4 is 10.3 Å². The van der Waals surface area contributed by atoms with Crippen LogP contribution in [0.4, 0.5) is 30.7 Å². The van der Waals surface area contributed by atoms with Crippen molar-refractivity contribution in [3.63, 3.8) is 0 Å². The van der Waals surface area contributed by atoms with Crippen molar-refractivity contribution in [2.24, 2.45) is 0 Å². The number of ether oxygens (including phenoxy) is 1. The van der Waals surface area contributed by atoms with E-state index in [1.54, 1.807) is 0 Å². The number of nitriles is 1. The number of alkyl halides is 7. The quantitative estimate of drug-likeness (QED) is 0.708. The number of aromatic nitrogens is 2. The Kier molecular flexibility index (Phi) is 5.37. The smallest absolute Gasteiger partial charge is 0.435 e. The first-order valence-electron chi connectivity index (χ1n) is 6.61. The zero-order chi connectivity index (χ0) is 20.6. The average molecular weight is 416 g/mol. The zero-order valence-corrected chi connectivity index (χ0v) is 13.3.